The Morgan fingerprint density at radius 3 is 2.47 bits per heavy atom. The molecule has 2 unspecified atom stereocenters. The number of hydrogen-bond donors (Lipinski definition) is 2. The monoisotopic (exact) mass is 261 g/mol. The van der Waals surface area contributed by atoms with Gasteiger partial charge in [0.1, 0.15) is 0 Å². The average molecular weight is 261 g/mol. The van der Waals surface area contributed by atoms with E-state index < -0.39 is 0 Å². The summed E-state index contributed by atoms with van der Waals surface area (Å²) < 4.78 is 0. The molecule has 0 radical (unpaired) electrons. The summed E-state index contributed by atoms with van der Waals surface area (Å²) >= 11 is 0. The molecule has 2 nitrogen and oxygen atoms in total. The molecular weight excluding hydrogens is 234 g/mol. The molecule has 1 aliphatic rings. The number of aliphatic hydroxyl groups is 1. The molecular formula is C17H27NO. The van der Waals surface area contributed by atoms with E-state index in [0.717, 1.165) is 12.3 Å². The van der Waals surface area contributed by atoms with Crippen LogP contribution in [0.1, 0.15) is 44.6 Å². The second-order valence-electron chi connectivity index (χ2n) is 5.92. The Morgan fingerprint density at radius 1 is 1.16 bits per heavy atom. The van der Waals surface area contributed by atoms with Crippen molar-refractivity contribution in [1.82, 2.24) is 5.32 Å². The van der Waals surface area contributed by atoms with Crippen molar-refractivity contribution in [3.8, 4) is 0 Å². The number of aliphatic hydroxyl groups excluding tert-OH is 1. The third-order valence-corrected chi connectivity index (χ3v) is 4.40. The third kappa shape index (κ3) is 4.63. The fourth-order valence-corrected chi connectivity index (χ4v) is 3.22. The highest BCUT2D eigenvalue weighted by Gasteiger charge is 2.22. The molecule has 19 heavy (non-hydrogen) atoms. The summed E-state index contributed by atoms with van der Waals surface area (Å²) in [5.74, 6) is 0.790. The lowest BCUT2D eigenvalue weighted by Crippen LogP contribution is -2.44. The summed E-state index contributed by atoms with van der Waals surface area (Å²) in [7, 11) is 0. The van der Waals surface area contributed by atoms with Crippen LogP contribution in [0.4, 0.5) is 0 Å². The zero-order valence-electron chi connectivity index (χ0n) is 12.0. The topological polar surface area (TPSA) is 32.3 Å². The summed E-state index contributed by atoms with van der Waals surface area (Å²) in [6, 6.07) is 11.1. The predicted molar refractivity (Wildman–Crippen MR) is 80.2 cm³/mol. The number of hydrogen-bond acceptors (Lipinski definition) is 2. The maximum Gasteiger partial charge on any atom is 0.0587 e. The van der Waals surface area contributed by atoms with Gasteiger partial charge in [-0.2, -0.15) is 0 Å². The Kier molecular flexibility index (Phi) is 5.87. The fourth-order valence-electron chi connectivity index (χ4n) is 3.22. The Balaban J connectivity index is 1.84. The summed E-state index contributed by atoms with van der Waals surface area (Å²) in [5.41, 5.74) is 1.30. The van der Waals surface area contributed by atoms with Gasteiger partial charge in [-0.25, -0.2) is 0 Å². The highest BCUT2D eigenvalue weighted by Crippen LogP contribution is 2.26. The normalized spacial score (nSPS) is 20.1. The van der Waals surface area contributed by atoms with Crippen molar-refractivity contribution in [2.75, 3.05) is 6.61 Å². The molecule has 1 saturated carbocycles. The van der Waals surface area contributed by atoms with Gasteiger partial charge in [-0.1, -0.05) is 49.6 Å². The number of benzene rings is 1. The van der Waals surface area contributed by atoms with Gasteiger partial charge in [-0.3, -0.25) is 0 Å². The van der Waals surface area contributed by atoms with Gasteiger partial charge in [0.15, 0.2) is 0 Å². The zero-order valence-corrected chi connectivity index (χ0v) is 12.0. The van der Waals surface area contributed by atoms with Gasteiger partial charge >= 0.3 is 0 Å². The van der Waals surface area contributed by atoms with Crippen LogP contribution in [0.3, 0.4) is 0 Å². The van der Waals surface area contributed by atoms with Gasteiger partial charge in [-0.15, -0.1) is 0 Å². The Hall–Kier alpha value is -0.860. The van der Waals surface area contributed by atoms with E-state index in [2.05, 4.69) is 36.5 Å². The second-order valence-corrected chi connectivity index (χ2v) is 5.92. The van der Waals surface area contributed by atoms with Crippen LogP contribution in [-0.4, -0.2) is 23.8 Å². The molecule has 0 saturated heterocycles. The van der Waals surface area contributed by atoms with Gasteiger partial charge in [0.05, 0.1) is 6.61 Å². The second kappa shape index (κ2) is 7.66. The lowest BCUT2D eigenvalue weighted by Gasteiger charge is -2.31. The molecule has 0 heterocycles. The summed E-state index contributed by atoms with van der Waals surface area (Å²) in [6.07, 6.45) is 7.75. The van der Waals surface area contributed by atoms with E-state index in [9.17, 15) is 5.11 Å². The molecule has 0 spiro atoms. The average Bonchev–Trinajstić information content (AvgIpc) is 2.48. The maximum atomic E-state index is 9.57. The maximum absolute atomic E-state index is 9.57. The van der Waals surface area contributed by atoms with Gasteiger partial charge in [0.25, 0.3) is 0 Å². The predicted octanol–water partition coefficient (Wildman–Crippen LogP) is 3.15. The van der Waals surface area contributed by atoms with E-state index in [-0.39, 0.29) is 12.6 Å². The minimum absolute atomic E-state index is 0.180. The first-order valence-electron chi connectivity index (χ1n) is 7.70. The van der Waals surface area contributed by atoms with E-state index in [4.69, 9.17) is 0 Å². The van der Waals surface area contributed by atoms with Crippen molar-refractivity contribution in [3.63, 3.8) is 0 Å². The summed E-state index contributed by atoms with van der Waals surface area (Å²) in [6.45, 7) is 2.50. The van der Waals surface area contributed by atoms with Crippen molar-refractivity contribution in [1.29, 1.82) is 0 Å². The van der Waals surface area contributed by atoms with E-state index in [1.165, 1.54) is 37.7 Å². The lowest BCUT2D eigenvalue weighted by molar-refractivity contribution is 0.202. The van der Waals surface area contributed by atoms with Crippen LogP contribution in [0, 0.1) is 5.92 Å². The SMILES string of the molecule is CC(NC(CO)Cc1ccccc1)C1CCCCC1. The van der Waals surface area contributed by atoms with Crippen molar-refractivity contribution in [2.45, 2.75) is 57.5 Å². The molecule has 2 N–H and O–H groups in total. The first kappa shape index (κ1) is 14.5. The van der Waals surface area contributed by atoms with Crippen LogP contribution in [-0.2, 0) is 6.42 Å². The molecule has 1 aromatic carbocycles. The smallest absolute Gasteiger partial charge is 0.0587 e. The summed E-state index contributed by atoms with van der Waals surface area (Å²) in [4.78, 5) is 0. The van der Waals surface area contributed by atoms with Crippen LogP contribution >= 0.6 is 0 Å². The molecule has 1 fully saturated rings. The zero-order chi connectivity index (χ0) is 13.5. The Bertz CT molecular complexity index is 346. The molecule has 2 rings (SSSR count). The number of rotatable bonds is 6. The van der Waals surface area contributed by atoms with Crippen LogP contribution in [0.25, 0.3) is 0 Å². The minimum Gasteiger partial charge on any atom is -0.395 e. The molecule has 0 aromatic heterocycles. The molecule has 1 aliphatic carbocycles. The van der Waals surface area contributed by atoms with Crippen molar-refractivity contribution in [2.24, 2.45) is 5.92 Å². The van der Waals surface area contributed by atoms with Crippen LogP contribution in [0.2, 0.25) is 0 Å². The first-order valence-corrected chi connectivity index (χ1v) is 7.70. The highest BCUT2D eigenvalue weighted by atomic mass is 16.3. The van der Waals surface area contributed by atoms with Crippen LogP contribution < -0.4 is 5.32 Å². The molecule has 0 amide bonds. The molecule has 1 aromatic rings. The van der Waals surface area contributed by atoms with Crippen molar-refractivity contribution in [3.05, 3.63) is 35.9 Å². The summed E-state index contributed by atoms with van der Waals surface area (Å²) in [5, 5.41) is 13.2. The van der Waals surface area contributed by atoms with E-state index in [0.29, 0.717) is 6.04 Å². The van der Waals surface area contributed by atoms with Crippen molar-refractivity contribution >= 4 is 0 Å². The van der Waals surface area contributed by atoms with Gasteiger partial charge in [0, 0.05) is 12.1 Å². The van der Waals surface area contributed by atoms with Gasteiger partial charge < -0.3 is 10.4 Å². The van der Waals surface area contributed by atoms with E-state index in [1.807, 2.05) is 6.07 Å². The Labute approximate surface area is 117 Å². The quantitative estimate of drug-likeness (QED) is 0.824. The molecule has 0 bridgehead atoms. The van der Waals surface area contributed by atoms with Gasteiger partial charge in [0.2, 0.25) is 0 Å². The minimum atomic E-state index is 0.180. The van der Waals surface area contributed by atoms with E-state index in [1.54, 1.807) is 0 Å². The van der Waals surface area contributed by atoms with Crippen LogP contribution in [0.15, 0.2) is 30.3 Å². The van der Waals surface area contributed by atoms with Crippen molar-refractivity contribution < 1.29 is 5.11 Å². The molecule has 2 heteroatoms. The highest BCUT2D eigenvalue weighted by molar-refractivity contribution is 5.16. The first-order chi connectivity index (χ1) is 9.29. The molecule has 106 valence electrons. The Morgan fingerprint density at radius 2 is 1.84 bits per heavy atom. The lowest BCUT2D eigenvalue weighted by atomic mass is 9.84. The van der Waals surface area contributed by atoms with E-state index >= 15 is 0 Å². The largest absolute Gasteiger partial charge is 0.395 e. The standard InChI is InChI=1S/C17H27NO/c1-14(16-10-6-3-7-11-16)18-17(13-19)12-15-8-4-2-5-9-15/h2,4-5,8-9,14,16-19H,3,6-7,10-13H2,1H3. The number of nitrogens with one attached hydrogen (secondary N) is 1. The van der Waals surface area contributed by atoms with Gasteiger partial charge in [-0.05, 0) is 37.7 Å². The molecule has 2 atom stereocenters. The fraction of sp³-hybridized carbons (Fsp3) is 0.647. The third-order valence-electron chi connectivity index (χ3n) is 4.40. The molecule has 0 aliphatic heterocycles. The van der Waals surface area contributed by atoms with Crippen LogP contribution in [0.5, 0.6) is 0 Å².